The lowest BCUT2D eigenvalue weighted by Crippen LogP contribution is -2.26. The van der Waals surface area contributed by atoms with E-state index in [1.165, 1.54) is 0 Å². The van der Waals surface area contributed by atoms with Gasteiger partial charge in [0, 0.05) is 54.5 Å². The number of thioether (sulfide) groups is 1. The highest BCUT2D eigenvalue weighted by Crippen LogP contribution is 2.45. The average Bonchev–Trinajstić information content (AvgIpc) is 3.42. The molecule has 0 aliphatic rings. The van der Waals surface area contributed by atoms with Crippen LogP contribution in [0.5, 0.6) is 5.75 Å². The maximum atomic E-state index is 12.0. The first-order valence-corrected chi connectivity index (χ1v) is 14.0. The van der Waals surface area contributed by atoms with Crippen molar-refractivity contribution >= 4 is 51.6 Å². The molecule has 0 spiro atoms. The zero-order valence-corrected chi connectivity index (χ0v) is 23.7. The Morgan fingerprint density at radius 1 is 1.08 bits per heavy atom. The number of carbonyl (C=O) groups is 1. The van der Waals surface area contributed by atoms with Gasteiger partial charge in [-0.2, -0.15) is 0 Å². The van der Waals surface area contributed by atoms with Gasteiger partial charge in [-0.1, -0.05) is 50.6 Å². The summed E-state index contributed by atoms with van der Waals surface area (Å²) in [6.45, 7) is 10.6. The number of ether oxygens (including phenoxy) is 1. The first-order chi connectivity index (χ1) is 16.9. The van der Waals surface area contributed by atoms with Crippen molar-refractivity contribution in [1.82, 2.24) is 4.98 Å². The number of rotatable bonds is 9. The molecule has 4 nitrogen and oxygen atoms in total. The molecule has 0 saturated heterocycles. The molecule has 7 heteroatoms. The van der Waals surface area contributed by atoms with Crippen LogP contribution in [-0.4, -0.2) is 20.8 Å². The number of aromatic amines is 1. The third kappa shape index (κ3) is 6.28. The average molecular weight is 542 g/mol. The summed E-state index contributed by atoms with van der Waals surface area (Å²) in [6.07, 6.45) is 1.08. The molecule has 0 atom stereocenters. The molecule has 2 aromatic carbocycles. The van der Waals surface area contributed by atoms with E-state index in [9.17, 15) is 9.90 Å². The summed E-state index contributed by atoms with van der Waals surface area (Å²) in [4.78, 5) is 17.8. The molecule has 0 aliphatic heterocycles. The van der Waals surface area contributed by atoms with E-state index in [0.29, 0.717) is 24.5 Å². The van der Waals surface area contributed by atoms with E-state index in [0.717, 1.165) is 43.2 Å². The van der Waals surface area contributed by atoms with Crippen molar-refractivity contribution in [3.05, 3.63) is 80.6 Å². The van der Waals surface area contributed by atoms with Gasteiger partial charge in [0.25, 0.3) is 0 Å². The van der Waals surface area contributed by atoms with Crippen molar-refractivity contribution in [3.63, 3.8) is 0 Å². The Labute approximate surface area is 226 Å². The second-order valence-electron chi connectivity index (χ2n) is 10.6. The van der Waals surface area contributed by atoms with Crippen LogP contribution in [0.2, 0.25) is 5.02 Å². The number of halogens is 1. The lowest BCUT2D eigenvalue weighted by atomic mass is 9.88. The second-order valence-corrected chi connectivity index (χ2v) is 14.0. The number of fused-ring (bicyclic) bond motifs is 1. The Hall–Kier alpha value is -2.41. The molecule has 0 saturated carbocycles. The fourth-order valence-corrected chi connectivity index (χ4v) is 6.02. The molecule has 2 heterocycles. The van der Waals surface area contributed by atoms with Crippen molar-refractivity contribution in [3.8, 4) is 5.75 Å². The Balaban J connectivity index is 1.89. The number of H-pyrrole nitrogens is 1. The number of hydrogen-bond donors (Lipinski definition) is 2. The molecule has 0 fully saturated rings. The van der Waals surface area contributed by atoms with Crippen molar-refractivity contribution in [2.75, 3.05) is 0 Å². The van der Waals surface area contributed by atoms with E-state index in [-0.39, 0.29) is 4.75 Å². The predicted octanol–water partition coefficient (Wildman–Crippen LogP) is 8.60. The zero-order chi connectivity index (χ0) is 26.1. The Kier molecular flexibility index (Phi) is 7.79. The van der Waals surface area contributed by atoms with Crippen LogP contribution in [0.25, 0.3) is 10.9 Å². The summed E-state index contributed by atoms with van der Waals surface area (Å²) in [5, 5.41) is 13.7. The molecule has 0 bridgehead atoms. The van der Waals surface area contributed by atoms with E-state index < -0.39 is 11.4 Å². The predicted molar refractivity (Wildman–Crippen MR) is 152 cm³/mol. The van der Waals surface area contributed by atoms with Crippen LogP contribution >= 0.6 is 34.7 Å². The van der Waals surface area contributed by atoms with Gasteiger partial charge in [-0.05, 0) is 55.1 Å². The van der Waals surface area contributed by atoms with Crippen LogP contribution in [0.1, 0.15) is 56.3 Å². The summed E-state index contributed by atoms with van der Waals surface area (Å²) in [6, 6.07) is 16.1. The van der Waals surface area contributed by atoms with Crippen LogP contribution in [-0.2, 0) is 24.2 Å². The van der Waals surface area contributed by atoms with Crippen LogP contribution < -0.4 is 4.74 Å². The van der Waals surface area contributed by atoms with Gasteiger partial charge in [-0.25, -0.2) is 0 Å². The highest BCUT2D eigenvalue weighted by molar-refractivity contribution is 8.00. The molecule has 0 aliphatic carbocycles. The number of aromatic nitrogens is 1. The molecule has 4 rings (SSSR count). The number of benzene rings is 2. The van der Waals surface area contributed by atoms with Gasteiger partial charge >= 0.3 is 5.97 Å². The lowest BCUT2D eigenvalue weighted by molar-refractivity contribution is -0.146. The zero-order valence-electron chi connectivity index (χ0n) is 21.3. The minimum Gasteiger partial charge on any atom is -0.488 e. The third-order valence-electron chi connectivity index (χ3n) is 5.91. The number of carboxylic acid groups (broad SMARTS) is 1. The molecule has 0 unspecified atom stereocenters. The van der Waals surface area contributed by atoms with Gasteiger partial charge < -0.3 is 14.8 Å². The quantitative estimate of drug-likeness (QED) is 0.208. The molecule has 4 aromatic rings. The van der Waals surface area contributed by atoms with Crippen molar-refractivity contribution in [2.24, 2.45) is 5.41 Å². The van der Waals surface area contributed by atoms with Crippen LogP contribution in [0.3, 0.4) is 0 Å². The highest BCUT2D eigenvalue weighted by atomic mass is 35.5. The maximum absolute atomic E-state index is 12.0. The Morgan fingerprint density at radius 2 is 1.81 bits per heavy atom. The van der Waals surface area contributed by atoms with Crippen LogP contribution in [0.4, 0.5) is 0 Å². The second kappa shape index (κ2) is 10.5. The smallest absolute Gasteiger partial charge is 0.309 e. The SMILES string of the molecule is CC(C)(C)Sc1c(CC(C)(C)C(=O)O)[nH]c2ccc(OCc3cccs3)c(Cc3ccc(Cl)cc3)c12. The molecule has 190 valence electrons. The minimum absolute atomic E-state index is 0.0669. The van der Waals surface area contributed by atoms with E-state index in [4.69, 9.17) is 16.3 Å². The summed E-state index contributed by atoms with van der Waals surface area (Å²) >= 11 is 9.60. The van der Waals surface area contributed by atoms with E-state index in [1.54, 1.807) is 36.9 Å². The van der Waals surface area contributed by atoms with Gasteiger partial charge in [0.15, 0.2) is 0 Å². The molecule has 2 N–H and O–H groups in total. The van der Waals surface area contributed by atoms with Crippen molar-refractivity contribution in [2.45, 2.75) is 63.7 Å². The van der Waals surface area contributed by atoms with Gasteiger partial charge in [0.05, 0.1) is 5.41 Å². The van der Waals surface area contributed by atoms with Gasteiger partial charge in [0.2, 0.25) is 0 Å². The number of thiophene rings is 1. The first-order valence-electron chi connectivity index (χ1n) is 11.9. The highest BCUT2D eigenvalue weighted by Gasteiger charge is 2.32. The van der Waals surface area contributed by atoms with E-state index in [1.807, 2.05) is 36.4 Å². The number of nitrogens with one attached hydrogen (secondary N) is 1. The molecule has 0 amide bonds. The normalized spacial score (nSPS) is 12.3. The van der Waals surface area contributed by atoms with Crippen molar-refractivity contribution < 1.29 is 14.6 Å². The largest absolute Gasteiger partial charge is 0.488 e. The Bertz CT molecular complexity index is 1350. The van der Waals surface area contributed by atoms with Gasteiger partial charge in [0.1, 0.15) is 12.4 Å². The standard InChI is InChI=1S/C29H32ClNO3S2/c1-28(2,3)36-26-23(16-29(4,5)27(32)33)31-22-12-13-24(34-17-20-7-6-14-35-20)21(25(22)26)15-18-8-10-19(30)11-9-18/h6-14,31H,15-17H2,1-5H3,(H,32,33). The fourth-order valence-electron chi connectivity index (χ4n) is 4.08. The summed E-state index contributed by atoms with van der Waals surface area (Å²) in [7, 11) is 0. The summed E-state index contributed by atoms with van der Waals surface area (Å²) < 4.78 is 6.32. The summed E-state index contributed by atoms with van der Waals surface area (Å²) in [5.41, 5.74) is 3.26. The molecule has 0 radical (unpaired) electrons. The topological polar surface area (TPSA) is 62.3 Å². The lowest BCUT2D eigenvalue weighted by Gasteiger charge is -2.23. The maximum Gasteiger partial charge on any atom is 0.309 e. The van der Waals surface area contributed by atoms with Gasteiger partial charge in [-0.15, -0.1) is 23.1 Å². The Morgan fingerprint density at radius 3 is 2.42 bits per heavy atom. The molecular weight excluding hydrogens is 510 g/mol. The fraction of sp³-hybridized carbons (Fsp3) is 0.345. The number of hydrogen-bond acceptors (Lipinski definition) is 4. The van der Waals surface area contributed by atoms with Crippen LogP contribution in [0.15, 0.2) is 58.8 Å². The van der Waals surface area contributed by atoms with E-state index in [2.05, 4.69) is 43.3 Å². The minimum atomic E-state index is -0.900. The van der Waals surface area contributed by atoms with E-state index >= 15 is 0 Å². The van der Waals surface area contributed by atoms with Crippen molar-refractivity contribution in [1.29, 1.82) is 0 Å². The number of carboxylic acids is 1. The first kappa shape index (κ1) is 26.6. The van der Waals surface area contributed by atoms with Gasteiger partial charge in [-0.3, -0.25) is 4.79 Å². The monoisotopic (exact) mass is 541 g/mol. The molecule has 36 heavy (non-hydrogen) atoms. The molecular formula is C29H32ClNO3S2. The third-order valence-corrected chi connectivity index (χ3v) is 8.28. The van der Waals surface area contributed by atoms with Crippen LogP contribution in [0, 0.1) is 5.41 Å². The number of aliphatic carboxylic acids is 1. The summed E-state index contributed by atoms with van der Waals surface area (Å²) in [5.74, 6) is 0.0267. The molecule has 2 aromatic heterocycles.